The average molecular weight is 529 g/mol. The number of carbonyl (C=O) groups excluding carboxylic acids is 1. The molecule has 6 rings (SSSR count). The summed E-state index contributed by atoms with van der Waals surface area (Å²) in [6.07, 6.45) is 8.88. The lowest BCUT2D eigenvalue weighted by Crippen LogP contribution is -2.39. The Morgan fingerprint density at radius 1 is 1.03 bits per heavy atom. The van der Waals surface area contributed by atoms with Crippen molar-refractivity contribution in [3.63, 3.8) is 0 Å². The molecule has 0 radical (unpaired) electrons. The third-order valence-electron chi connectivity index (χ3n) is 7.73. The van der Waals surface area contributed by atoms with Crippen molar-refractivity contribution >= 4 is 39.6 Å². The Hall–Kier alpha value is -3.91. The number of nitrogens with one attached hydrogen (secondary N) is 1. The molecule has 0 bridgehead atoms. The first-order valence-electron chi connectivity index (χ1n) is 12.9. The van der Waals surface area contributed by atoms with Crippen LogP contribution in [0.1, 0.15) is 41.7 Å². The fraction of sp³-hybridized carbons (Fsp3) is 0.310. The molecule has 1 saturated carbocycles. The van der Waals surface area contributed by atoms with Gasteiger partial charge in [0.1, 0.15) is 0 Å². The summed E-state index contributed by atoms with van der Waals surface area (Å²) < 4.78 is 5.68. The molecule has 0 saturated heterocycles. The minimum Gasteiger partial charge on any atom is -0.349 e. The molecule has 4 aromatic heterocycles. The van der Waals surface area contributed by atoms with E-state index >= 15 is 0 Å². The SMILES string of the molecule is Cc1ncc(Cl)cc1C(=O)NC1CCC(Cn2c(=O)n(-c3cnc4ccn(C)c4c3)c3ccccc32)CC1. The summed E-state index contributed by atoms with van der Waals surface area (Å²) in [4.78, 5) is 35.3. The number of hydrogen-bond donors (Lipinski definition) is 1. The third kappa shape index (κ3) is 4.39. The lowest BCUT2D eigenvalue weighted by molar-refractivity contribution is 0.0919. The van der Waals surface area contributed by atoms with Crippen LogP contribution in [0, 0.1) is 12.8 Å². The predicted octanol–water partition coefficient (Wildman–Crippen LogP) is 5.02. The number of aryl methyl sites for hydroxylation is 2. The number of amides is 1. The number of pyridine rings is 2. The van der Waals surface area contributed by atoms with Crippen LogP contribution in [0.25, 0.3) is 27.8 Å². The van der Waals surface area contributed by atoms with Gasteiger partial charge in [-0.2, -0.15) is 0 Å². The first-order chi connectivity index (χ1) is 18.4. The van der Waals surface area contributed by atoms with Gasteiger partial charge in [-0.25, -0.2) is 4.79 Å². The number of rotatable bonds is 5. The number of hydrogen-bond acceptors (Lipinski definition) is 4. The number of imidazole rings is 1. The van der Waals surface area contributed by atoms with Crippen molar-refractivity contribution < 1.29 is 4.79 Å². The van der Waals surface area contributed by atoms with E-state index in [4.69, 9.17) is 11.6 Å². The van der Waals surface area contributed by atoms with Crippen molar-refractivity contribution in [2.75, 3.05) is 0 Å². The zero-order chi connectivity index (χ0) is 26.4. The van der Waals surface area contributed by atoms with Crippen LogP contribution in [0.4, 0.5) is 0 Å². The largest absolute Gasteiger partial charge is 0.349 e. The Balaban J connectivity index is 1.21. The van der Waals surface area contributed by atoms with E-state index in [1.807, 2.05) is 65.7 Å². The Labute approximate surface area is 224 Å². The number of halogens is 1. The van der Waals surface area contributed by atoms with Crippen molar-refractivity contribution in [2.45, 2.75) is 45.2 Å². The molecule has 8 nitrogen and oxygen atoms in total. The molecule has 0 aliphatic heterocycles. The first-order valence-corrected chi connectivity index (χ1v) is 13.3. The maximum absolute atomic E-state index is 13.8. The van der Waals surface area contributed by atoms with E-state index in [1.54, 1.807) is 23.0 Å². The van der Waals surface area contributed by atoms with Crippen LogP contribution in [0.5, 0.6) is 0 Å². The highest BCUT2D eigenvalue weighted by molar-refractivity contribution is 6.30. The van der Waals surface area contributed by atoms with Crippen molar-refractivity contribution in [3.05, 3.63) is 87.8 Å². The molecule has 9 heteroatoms. The van der Waals surface area contributed by atoms with Gasteiger partial charge in [0.05, 0.1) is 50.2 Å². The zero-order valence-corrected chi connectivity index (χ0v) is 22.2. The predicted molar refractivity (Wildman–Crippen MR) is 149 cm³/mol. The Bertz CT molecular complexity index is 1720. The van der Waals surface area contributed by atoms with Gasteiger partial charge in [-0.3, -0.25) is 23.9 Å². The molecular weight excluding hydrogens is 500 g/mol. The quantitative estimate of drug-likeness (QED) is 0.347. The molecule has 1 aromatic carbocycles. The van der Waals surface area contributed by atoms with Crippen LogP contribution in [0.15, 0.2) is 65.8 Å². The molecule has 1 fully saturated rings. The van der Waals surface area contributed by atoms with E-state index in [0.717, 1.165) is 53.4 Å². The summed E-state index contributed by atoms with van der Waals surface area (Å²) in [5, 5.41) is 3.60. The Kier molecular flexibility index (Phi) is 6.27. The summed E-state index contributed by atoms with van der Waals surface area (Å²) >= 11 is 6.05. The molecule has 5 aromatic rings. The highest BCUT2D eigenvalue weighted by atomic mass is 35.5. The van der Waals surface area contributed by atoms with Gasteiger partial charge >= 0.3 is 5.69 Å². The van der Waals surface area contributed by atoms with Crippen LogP contribution in [0.2, 0.25) is 5.02 Å². The number of aromatic nitrogens is 5. The minimum absolute atomic E-state index is 0.0547. The zero-order valence-electron chi connectivity index (χ0n) is 21.4. The summed E-state index contributed by atoms with van der Waals surface area (Å²) in [6.45, 7) is 2.45. The minimum atomic E-state index is -0.135. The molecule has 194 valence electrons. The molecule has 0 unspecified atom stereocenters. The second-order valence-corrected chi connectivity index (χ2v) is 10.7. The van der Waals surface area contributed by atoms with E-state index in [2.05, 4.69) is 15.3 Å². The molecule has 0 atom stereocenters. The lowest BCUT2D eigenvalue weighted by atomic mass is 9.85. The Morgan fingerprint density at radius 2 is 1.79 bits per heavy atom. The number of nitrogens with zero attached hydrogens (tertiary/aromatic N) is 5. The van der Waals surface area contributed by atoms with Gasteiger partial charge in [0, 0.05) is 32.0 Å². The lowest BCUT2D eigenvalue weighted by Gasteiger charge is -2.29. The second kappa shape index (κ2) is 9.76. The van der Waals surface area contributed by atoms with Crippen LogP contribution < -0.4 is 11.0 Å². The van der Waals surface area contributed by atoms with Gasteiger partial charge in [-0.1, -0.05) is 23.7 Å². The van der Waals surface area contributed by atoms with Crippen LogP contribution in [0.3, 0.4) is 0 Å². The molecule has 0 spiro atoms. The highest BCUT2D eigenvalue weighted by Crippen LogP contribution is 2.28. The maximum atomic E-state index is 13.8. The molecule has 4 heterocycles. The van der Waals surface area contributed by atoms with E-state index in [0.29, 0.717) is 28.7 Å². The summed E-state index contributed by atoms with van der Waals surface area (Å²) in [5.41, 5.74) is 5.56. The van der Waals surface area contributed by atoms with E-state index in [9.17, 15) is 9.59 Å². The summed E-state index contributed by atoms with van der Waals surface area (Å²) in [7, 11) is 1.98. The normalized spacial score (nSPS) is 17.8. The van der Waals surface area contributed by atoms with Gasteiger partial charge < -0.3 is 9.88 Å². The van der Waals surface area contributed by atoms with Crippen molar-refractivity contribution in [3.8, 4) is 5.69 Å². The number of benzene rings is 1. The van der Waals surface area contributed by atoms with Crippen molar-refractivity contribution in [1.29, 1.82) is 0 Å². The number of para-hydroxylation sites is 2. The van der Waals surface area contributed by atoms with E-state index in [1.165, 1.54) is 0 Å². The first kappa shape index (κ1) is 24.4. The Morgan fingerprint density at radius 3 is 2.58 bits per heavy atom. The fourth-order valence-corrected chi connectivity index (χ4v) is 5.79. The van der Waals surface area contributed by atoms with Gasteiger partial charge in [0.2, 0.25) is 0 Å². The van der Waals surface area contributed by atoms with Crippen LogP contribution in [-0.4, -0.2) is 35.6 Å². The number of fused-ring (bicyclic) bond motifs is 2. The van der Waals surface area contributed by atoms with Crippen LogP contribution in [-0.2, 0) is 13.6 Å². The smallest absolute Gasteiger partial charge is 0.333 e. The topological polar surface area (TPSA) is 86.7 Å². The molecule has 38 heavy (non-hydrogen) atoms. The van der Waals surface area contributed by atoms with Gasteiger partial charge in [0.15, 0.2) is 0 Å². The van der Waals surface area contributed by atoms with Crippen molar-refractivity contribution in [2.24, 2.45) is 13.0 Å². The molecule has 1 aliphatic carbocycles. The molecule has 1 amide bonds. The highest BCUT2D eigenvalue weighted by Gasteiger charge is 2.26. The average Bonchev–Trinajstić information content (AvgIpc) is 3.43. The molecular formula is C29H29ClN6O2. The van der Waals surface area contributed by atoms with Gasteiger partial charge in [-0.15, -0.1) is 0 Å². The molecule has 1 N–H and O–H groups in total. The summed E-state index contributed by atoms with van der Waals surface area (Å²) in [6, 6.07) is 13.7. The van der Waals surface area contributed by atoms with Gasteiger partial charge in [0.25, 0.3) is 5.91 Å². The monoisotopic (exact) mass is 528 g/mol. The second-order valence-electron chi connectivity index (χ2n) is 10.2. The maximum Gasteiger partial charge on any atom is 0.333 e. The summed E-state index contributed by atoms with van der Waals surface area (Å²) in [5.74, 6) is 0.215. The van der Waals surface area contributed by atoms with Gasteiger partial charge in [-0.05, 0) is 68.9 Å². The number of carbonyl (C=O) groups is 1. The van der Waals surface area contributed by atoms with E-state index < -0.39 is 0 Å². The van der Waals surface area contributed by atoms with Crippen molar-refractivity contribution in [1.82, 2.24) is 29.0 Å². The van der Waals surface area contributed by atoms with Crippen LogP contribution >= 0.6 is 11.6 Å². The van der Waals surface area contributed by atoms with E-state index in [-0.39, 0.29) is 17.6 Å². The molecule has 1 aliphatic rings. The fourth-order valence-electron chi connectivity index (χ4n) is 5.63. The standard InChI is InChI=1S/C29H29ClN6O2/c1-18-23(13-20(30)15-31-18)28(37)33-21-9-7-19(8-10-21)17-35-25-5-3-4-6-26(25)36(29(35)38)22-14-27-24(32-16-22)11-12-34(27)2/h3-6,11-16,19,21H,7-10,17H2,1-2H3,(H,33,37). The third-order valence-corrected chi connectivity index (χ3v) is 7.94.